The van der Waals surface area contributed by atoms with E-state index >= 15 is 0 Å². The van der Waals surface area contributed by atoms with Gasteiger partial charge >= 0.3 is 0 Å². The van der Waals surface area contributed by atoms with Crippen LogP contribution < -0.4 is 4.74 Å². The van der Waals surface area contributed by atoms with Gasteiger partial charge in [0, 0.05) is 10.6 Å². The first kappa shape index (κ1) is 20.4. The molecular formula is C21H20N4O3S. The minimum Gasteiger partial charge on any atom is -0.481 e. The number of rotatable bonds is 8. The van der Waals surface area contributed by atoms with E-state index in [9.17, 15) is 10.1 Å². The Morgan fingerprint density at radius 3 is 2.48 bits per heavy atom. The summed E-state index contributed by atoms with van der Waals surface area (Å²) in [7, 11) is 0. The molecule has 0 bridgehead atoms. The number of hydrogen-bond donors (Lipinski definition) is 0. The lowest BCUT2D eigenvalue weighted by molar-refractivity contribution is -0.479. The molecule has 1 heterocycles. The van der Waals surface area contributed by atoms with E-state index in [-0.39, 0.29) is 18.1 Å². The van der Waals surface area contributed by atoms with Crippen LogP contribution in [-0.4, -0.2) is 32.8 Å². The Morgan fingerprint density at radius 2 is 1.86 bits per heavy atom. The van der Waals surface area contributed by atoms with E-state index in [1.165, 1.54) is 11.8 Å². The largest absolute Gasteiger partial charge is 0.481 e. The molecule has 148 valence electrons. The van der Waals surface area contributed by atoms with Crippen molar-refractivity contribution in [3.8, 4) is 23.8 Å². The van der Waals surface area contributed by atoms with Gasteiger partial charge in [-0.1, -0.05) is 47.5 Å². The molecular weight excluding hydrogens is 388 g/mol. The highest BCUT2D eigenvalue weighted by Gasteiger charge is 2.23. The monoisotopic (exact) mass is 408 g/mol. The molecule has 1 atom stereocenters. The second-order valence-corrected chi connectivity index (χ2v) is 7.55. The molecule has 3 aromatic rings. The van der Waals surface area contributed by atoms with Gasteiger partial charge in [-0.2, -0.15) is 0 Å². The molecule has 8 heteroatoms. The van der Waals surface area contributed by atoms with Gasteiger partial charge in [0.2, 0.25) is 6.54 Å². The lowest BCUT2D eigenvalue weighted by atomic mass is 10.1. The maximum atomic E-state index is 11.3. The molecule has 7 nitrogen and oxygen atoms in total. The first-order valence-electron chi connectivity index (χ1n) is 8.91. The number of benzene rings is 2. The molecule has 0 aliphatic carbocycles. The van der Waals surface area contributed by atoms with E-state index < -0.39 is 5.25 Å². The highest BCUT2D eigenvalue weighted by atomic mass is 32.2. The van der Waals surface area contributed by atoms with Crippen LogP contribution in [0.15, 0.2) is 53.7 Å². The van der Waals surface area contributed by atoms with Crippen LogP contribution in [0, 0.1) is 36.3 Å². The van der Waals surface area contributed by atoms with Gasteiger partial charge < -0.3 is 4.74 Å². The van der Waals surface area contributed by atoms with Crippen molar-refractivity contribution in [1.82, 2.24) is 14.8 Å². The van der Waals surface area contributed by atoms with Crippen LogP contribution in [0.1, 0.15) is 22.2 Å². The maximum Gasteiger partial charge on any atom is 0.220 e. The SMILES string of the molecule is C#CCOc1ccc([C@@H](C[N+](=O)[O-])Sc2nnc(C)n2-c2ccc(C)cc2)cc1. The van der Waals surface area contributed by atoms with Gasteiger partial charge in [-0.15, -0.1) is 16.6 Å². The third-order valence-electron chi connectivity index (χ3n) is 4.22. The summed E-state index contributed by atoms with van der Waals surface area (Å²) in [5, 5.41) is 19.9. The van der Waals surface area contributed by atoms with Crippen LogP contribution in [0.4, 0.5) is 0 Å². The summed E-state index contributed by atoms with van der Waals surface area (Å²) in [5.41, 5.74) is 2.86. The standard InChI is InChI=1S/C21H20N4O3S/c1-4-13-28-19-11-7-17(8-12-19)20(14-24(26)27)29-21-23-22-16(3)25(21)18-9-5-15(2)6-10-18/h1,5-12,20H,13-14H2,2-3H3/t20-/m1/s1. The zero-order valence-electron chi connectivity index (χ0n) is 16.1. The number of nitro groups is 1. The number of nitrogens with zero attached hydrogens (tertiary/aromatic N) is 4. The normalized spacial score (nSPS) is 11.6. The van der Waals surface area contributed by atoms with Crippen LogP contribution in [0.3, 0.4) is 0 Å². The Balaban J connectivity index is 1.89. The molecule has 0 amide bonds. The third kappa shape index (κ3) is 5.15. The Kier molecular flexibility index (Phi) is 6.52. The molecule has 0 spiro atoms. The first-order chi connectivity index (χ1) is 14.0. The Labute approximate surface area is 173 Å². The smallest absolute Gasteiger partial charge is 0.220 e. The van der Waals surface area contributed by atoms with Gasteiger partial charge in [0.15, 0.2) is 5.16 Å². The van der Waals surface area contributed by atoms with Crippen LogP contribution in [-0.2, 0) is 0 Å². The van der Waals surface area contributed by atoms with Crippen LogP contribution in [0.5, 0.6) is 5.75 Å². The van der Waals surface area contributed by atoms with Gasteiger partial charge in [0.1, 0.15) is 23.4 Å². The van der Waals surface area contributed by atoms with Gasteiger partial charge in [-0.05, 0) is 43.7 Å². The molecule has 0 N–H and O–H groups in total. The van der Waals surface area contributed by atoms with Crippen molar-refractivity contribution in [1.29, 1.82) is 0 Å². The maximum absolute atomic E-state index is 11.3. The molecule has 0 radical (unpaired) electrons. The summed E-state index contributed by atoms with van der Waals surface area (Å²) < 4.78 is 7.28. The zero-order chi connectivity index (χ0) is 20.8. The summed E-state index contributed by atoms with van der Waals surface area (Å²) in [6.07, 6.45) is 5.20. The zero-order valence-corrected chi connectivity index (χ0v) is 16.9. The fourth-order valence-corrected chi connectivity index (χ4v) is 3.96. The van der Waals surface area contributed by atoms with E-state index in [4.69, 9.17) is 11.2 Å². The van der Waals surface area contributed by atoms with Crippen molar-refractivity contribution in [2.45, 2.75) is 24.3 Å². The van der Waals surface area contributed by atoms with Gasteiger partial charge in [-0.3, -0.25) is 14.7 Å². The molecule has 0 saturated heterocycles. The van der Waals surface area contributed by atoms with E-state index in [0.29, 0.717) is 16.7 Å². The first-order valence-corrected chi connectivity index (χ1v) is 9.79. The lowest BCUT2D eigenvalue weighted by Crippen LogP contribution is -2.11. The molecule has 0 aliphatic heterocycles. The van der Waals surface area contributed by atoms with Crippen molar-refractivity contribution in [2.24, 2.45) is 0 Å². The molecule has 0 aliphatic rings. The topological polar surface area (TPSA) is 83.1 Å². The second-order valence-electron chi connectivity index (χ2n) is 6.38. The molecule has 1 aromatic heterocycles. The Morgan fingerprint density at radius 1 is 1.17 bits per heavy atom. The van der Waals surface area contributed by atoms with E-state index in [1.54, 1.807) is 12.1 Å². The Bertz CT molecular complexity index is 1020. The van der Waals surface area contributed by atoms with Crippen LogP contribution in [0.25, 0.3) is 5.69 Å². The molecule has 2 aromatic carbocycles. The number of hydrogen-bond acceptors (Lipinski definition) is 6. The van der Waals surface area contributed by atoms with E-state index in [1.807, 2.05) is 54.8 Å². The van der Waals surface area contributed by atoms with Crippen molar-refractivity contribution >= 4 is 11.8 Å². The summed E-state index contributed by atoms with van der Waals surface area (Å²) in [4.78, 5) is 11.0. The number of aryl methyl sites for hydroxylation is 2. The minimum absolute atomic E-state index is 0.172. The van der Waals surface area contributed by atoms with Gasteiger partial charge in [0.05, 0.1) is 0 Å². The van der Waals surface area contributed by atoms with Crippen molar-refractivity contribution < 1.29 is 9.66 Å². The van der Waals surface area contributed by atoms with Crippen LogP contribution >= 0.6 is 11.8 Å². The van der Waals surface area contributed by atoms with Crippen LogP contribution in [0.2, 0.25) is 0 Å². The quantitative estimate of drug-likeness (QED) is 0.242. The molecule has 29 heavy (non-hydrogen) atoms. The summed E-state index contributed by atoms with van der Waals surface area (Å²) in [6, 6.07) is 15.1. The van der Waals surface area contributed by atoms with Crippen molar-refractivity contribution in [3.05, 3.63) is 75.6 Å². The predicted octanol–water partition coefficient (Wildman–Crippen LogP) is 4.01. The third-order valence-corrected chi connectivity index (χ3v) is 5.40. The average Bonchev–Trinajstić information content (AvgIpc) is 3.07. The van der Waals surface area contributed by atoms with Gasteiger partial charge in [0.25, 0.3) is 0 Å². The number of thioether (sulfide) groups is 1. The highest BCUT2D eigenvalue weighted by Crippen LogP contribution is 2.36. The van der Waals surface area contributed by atoms with E-state index in [2.05, 4.69) is 16.1 Å². The second kappa shape index (κ2) is 9.26. The average molecular weight is 408 g/mol. The van der Waals surface area contributed by atoms with E-state index in [0.717, 1.165) is 16.8 Å². The highest BCUT2D eigenvalue weighted by molar-refractivity contribution is 7.99. The summed E-state index contributed by atoms with van der Waals surface area (Å²) in [6.45, 7) is 3.81. The minimum atomic E-state index is -0.431. The summed E-state index contributed by atoms with van der Waals surface area (Å²) >= 11 is 1.31. The molecule has 3 rings (SSSR count). The number of aromatic nitrogens is 3. The Hall–Kier alpha value is -3.31. The summed E-state index contributed by atoms with van der Waals surface area (Å²) in [5.74, 6) is 3.74. The fourth-order valence-electron chi connectivity index (χ4n) is 2.79. The van der Waals surface area contributed by atoms with Crippen molar-refractivity contribution in [2.75, 3.05) is 13.2 Å². The molecule has 0 fully saturated rings. The molecule has 0 unspecified atom stereocenters. The molecule has 0 saturated carbocycles. The number of terminal acetylenes is 1. The lowest BCUT2D eigenvalue weighted by Gasteiger charge is -2.15. The number of ether oxygens (including phenoxy) is 1. The predicted molar refractivity (Wildman–Crippen MR) is 112 cm³/mol. The fraction of sp³-hybridized carbons (Fsp3) is 0.238. The van der Waals surface area contributed by atoms with Gasteiger partial charge in [-0.25, -0.2) is 0 Å². The van der Waals surface area contributed by atoms with Crippen molar-refractivity contribution in [3.63, 3.8) is 0 Å².